The van der Waals surface area contributed by atoms with Crippen molar-refractivity contribution in [3.05, 3.63) is 11.8 Å². The molecular weight excluding hydrogens is 221 g/mol. The van der Waals surface area contributed by atoms with Crippen LogP contribution in [-0.2, 0) is 9.47 Å². The van der Waals surface area contributed by atoms with Gasteiger partial charge in [0, 0.05) is 6.42 Å². The summed E-state index contributed by atoms with van der Waals surface area (Å²) in [6.45, 7) is 3.84. The first-order valence-electron chi connectivity index (χ1n) is 5.57. The number of hydrogen-bond donors (Lipinski definition) is 0. The van der Waals surface area contributed by atoms with Gasteiger partial charge in [-0.3, -0.25) is 0 Å². The Morgan fingerprint density at radius 1 is 1.19 bits per heavy atom. The second-order valence-corrected chi connectivity index (χ2v) is 3.84. The Hall–Kier alpha value is -0.710. The first-order chi connectivity index (χ1) is 7.46. The Morgan fingerprint density at radius 2 is 1.81 bits per heavy atom. The highest BCUT2D eigenvalue weighted by Gasteiger charge is 2.35. The second-order valence-electron chi connectivity index (χ2n) is 3.84. The lowest BCUT2D eigenvalue weighted by molar-refractivity contribution is -0.0842. The van der Waals surface area contributed by atoms with Gasteiger partial charge in [0.1, 0.15) is 11.9 Å². The Labute approximate surface area is 93.4 Å². The lowest BCUT2D eigenvalue weighted by Crippen LogP contribution is -2.12. The van der Waals surface area contributed by atoms with Gasteiger partial charge in [-0.2, -0.15) is 13.2 Å². The molecule has 0 aromatic rings. The summed E-state index contributed by atoms with van der Waals surface area (Å²) in [7, 11) is 0. The molecule has 0 aromatic carbocycles. The molecule has 1 rings (SSSR count). The lowest BCUT2D eigenvalue weighted by atomic mass is 10.2. The van der Waals surface area contributed by atoms with Crippen molar-refractivity contribution in [3.8, 4) is 0 Å². The number of allylic oxidation sites excluding steroid dienone is 1. The summed E-state index contributed by atoms with van der Waals surface area (Å²) in [5, 5.41) is 0. The summed E-state index contributed by atoms with van der Waals surface area (Å²) in [6.07, 6.45) is -2.42. The molecule has 0 aliphatic carbocycles. The average molecular weight is 238 g/mol. The van der Waals surface area contributed by atoms with Crippen LogP contribution in [0.25, 0.3) is 0 Å². The molecule has 1 fully saturated rings. The Bertz CT molecular complexity index is 248. The molecule has 1 heterocycles. The normalized spacial score (nSPS) is 28.4. The highest BCUT2D eigenvalue weighted by atomic mass is 19.4. The predicted octanol–water partition coefficient (Wildman–Crippen LogP) is 3.77. The first kappa shape index (κ1) is 13.4. The molecule has 2 atom stereocenters. The molecule has 16 heavy (non-hydrogen) atoms. The second kappa shape index (κ2) is 5.57. The Morgan fingerprint density at radius 3 is 2.31 bits per heavy atom. The SMILES string of the molecule is CCCC1O/C(=C\C(F)(F)F)C(CCC)O1. The predicted molar refractivity (Wildman–Crippen MR) is 53.7 cm³/mol. The molecule has 0 radical (unpaired) electrons. The van der Waals surface area contributed by atoms with Gasteiger partial charge in [0.25, 0.3) is 0 Å². The minimum Gasteiger partial charge on any atom is -0.466 e. The van der Waals surface area contributed by atoms with Gasteiger partial charge < -0.3 is 9.47 Å². The third-order valence-corrected chi connectivity index (χ3v) is 2.28. The van der Waals surface area contributed by atoms with E-state index in [9.17, 15) is 13.2 Å². The van der Waals surface area contributed by atoms with Crippen molar-refractivity contribution < 1.29 is 22.6 Å². The fourth-order valence-electron chi connectivity index (χ4n) is 1.63. The zero-order valence-electron chi connectivity index (χ0n) is 9.51. The smallest absolute Gasteiger partial charge is 0.413 e. The van der Waals surface area contributed by atoms with E-state index in [0.29, 0.717) is 12.8 Å². The molecule has 0 aromatic heterocycles. The van der Waals surface area contributed by atoms with E-state index in [0.717, 1.165) is 12.8 Å². The molecule has 1 saturated heterocycles. The highest BCUT2D eigenvalue weighted by molar-refractivity contribution is 5.07. The number of rotatable bonds is 4. The van der Waals surface area contributed by atoms with Crippen LogP contribution in [-0.4, -0.2) is 18.6 Å². The third-order valence-electron chi connectivity index (χ3n) is 2.28. The summed E-state index contributed by atoms with van der Waals surface area (Å²) in [5.41, 5.74) is 0. The monoisotopic (exact) mass is 238 g/mol. The van der Waals surface area contributed by atoms with Gasteiger partial charge in [0.15, 0.2) is 6.29 Å². The van der Waals surface area contributed by atoms with Crippen LogP contribution in [0.4, 0.5) is 13.2 Å². The number of ether oxygens (including phenoxy) is 2. The van der Waals surface area contributed by atoms with Gasteiger partial charge in [-0.1, -0.05) is 26.7 Å². The van der Waals surface area contributed by atoms with Gasteiger partial charge >= 0.3 is 6.18 Å². The van der Waals surface area contributed by atoms with Crippen LogP contribution in [0, 0.1) is 0 Å². The standard InChI is InChI=1S/C11H17F3O2/c1-3-5-8-9(7-11(12,13)14)16-10(15-8)6-4-2/h7-8,10H,3-6H2,1-2H3/b9-7-. The van der Waals surface area contributed by atoms with Gasteiger partial charge in [0.2, 0.25) is 0 Å². The van der Waals surface area contributed by atoms with Crippen LogP contribution < -0.4 is 0 Å². The van der Waals surface area contributed by atoms with Crippen LogP contribution in [0.3, 0.4) is 0 Å². The quantitative estimate of drug-likeness (QED) is 0.742. The van der Waals surface area contributed by atoms with Crippen molar-refractivity contribution in [2.45, 2.75) is 58.1 Å². The lowest BCUT2D eigenvalue weighted by Gasteiger charge is -2.07. The zero-order valence-corrected chi connectivity index (χ0v) is 9.51. The van der Waals surface area contributed by atoms with Crippen molar-refractivity contribution in [2.75, 3.05) is 0 Å². The van der Waals surface area contributed by atoms with Crippen molar-refractivity contribution >= 4 is 0 Å². The maximum Gasteiger partial charge on any atom is 0.413 e. The Balaban J connectivity index is 2.69. The fourth-order valence-corrected chi connectivity index (χ4v) is 1.63. The molecule has 2 unspecified atom stereocenters. The minimum atomic E-state index is -4.34. The van der Waals surface area contributed by atoms with Crippen molar-refractivity contribution in [3.63, 3.8) is 0 Å². The van der Waals surface area contributed by atoms with Crippen LogP contribution in [0.1, 0.15) is 39.5 Å². The number of halogens is 3. The van der Waals surface area contributed by atoms with Crippen molar-refractivity contribution in [1.29, 1.82) is 0 Å². The summed E-state index contributed by atoms with van der Waals surface area (Å²) in [4.78, 5) is 0. The van der Waals surface area contributed by atoms with Gasteiger partial charge in [-0.25, -0.2) is 0 Å². The van der Waals surface area contributed by atoms with Crippen LogP contribution in [0.15, 0.2) is 11.8 Å². The fraction of sp³-hybridized carbons (Fsp3) is 0.818. The average Bonchev–Trinajstić information content (AvgIpc) is 2.46. The van der Waals surface area contributed by atoms with E-state index < -0.39 is 18.6 Å². The minimum absolute atomic E-state index is 0.0761. The van der Waals surface area contributed by atoms with Gasteiger partial charge in [-0.05, 0) is 6.42 Å². The summed E-state index contributed by atoms with van der Waals surface area (Å²) >= 11 is 0. The molecule has 0 amide bonds. The summed E-state index contributed by atoms with van der Waals surface area (Å²) in [5.74, 6) is -0.0761. The van der Waals surface area contributed by atoms with E-state index in [-0.39, 0.29) is 11.8 Å². The van der Waals surface area contributed by atoms with E-state index >= 15 is 0 Å². The highest BCUT2D eigenvalue weighted by Crippen LogP contribution is 2.31. The molecule has 1 aliphatic rings. The first-order valence-corrected chi connectivity index (χ1v) is 5.57. The summed E-state index contributed by atoms with van der Waals surface area (Å²) in [6, 6.07) is 0. The van der Waals surface area contributed by atoms with Crippen molar-refractivity contribution in [2.24, 2.45) is 0 Å². The molecule has 2 nitrogen and oxygen atoms in total. The Kier molecular flexibility index (Phi) is 4.65. The molecule has 0 saturated carbocycles. The third kappa shape index (κ3) is 4.04. The topological polar surface area (TPSA) is 18.5 Å². The van der Waals surface area contributed by atoms with Crippen LogP contribution in [0.5, 0.6) is 0 Å². The zero-order chi connectivity index (χ0) is 12.2. The largest absolute Gasteiger partial charge is 0.466 e. The molecular formula is C11H17F3O2. The van der Waals surface area contributed by atoms with E-state index in [4.69, 9.17) is 9.47 Å². The molecule has 1 aliphatic heterocycles. The number of hydrogen-bond acceptors (Lipinski definition) is 2. The van der Waals surface area contributed by atoms with E-state index in [2.05, 4.69) is 0 Å². The molecule has 94 valence electrons. The van der Waals surface area contributed by atoms with E-state index in [1.54, 1.807) is 0 Å². The van der Waals surface area contributed by atoms with Crippen LogP contribution >= 0.6 is 0 Å². The van der Waals surface area contributed by atoms with Gasteiger partial charge in [-0.15, -0.1) is 0 Å². The number of alkyl halides is 3. The molecule has 0 bridgehead atoms. The maximum absolute atomic E-state index is 12.2. The van der Waals surface area contributed by atoms with Crippen LogP contribution in [0.2, 0.25) is 0 Å². The molecule has 0 N–H and O–H groups in total. The molecule has 0 spiro atoms. The van der Waals surface area contributed by atoms with E-state index in [1.807, 2.05) is 13.8 Å². The summed E-state index contributed by atoms with van der Waals surface area (Å²) < 4.78 is 47.2. The molecule has 5 heteroatoms. The maximum atomic E-state index is 12.2. The van der Waals surface area contributed by atoms with E-state index in [1.165, 1.54) is 0 Å². The van der Waals surface area contributed by atoms with Crippen molar-refractivity contribution in [1.82, 2.24) is 0 Å². The van der Waals surface area contributed by atoms with Gasteiger partial charge in [0.05, 0.1) is 6.08 Å².